The minimum absolute atomic E-state index is 0.153. The molecule has 10 heteroatoms. The van der Waals surface area contributed by atoms with Crippen LogP contribution in [0.15, 0.2) is 112 Å². The number of nitrogens with zero attached hydrogens (tertiary/aromatic N) is 1. The number of anilines is 2. The summed E-state index contributed by atoms with van der Waals surface area (Å²) in [5, 5.41) is 2.89. The molecule has 0 atom stereocenters. The smallest absolute Gasteiger partial charge is 0.326 e. The predicted molar refractivity (Wildman–Crippen MR) is 156 cm³/mol. The Labute approximate surface area is 236 Å². The van der Waals surface area contributed by atoms with Gasteiger partial charge in [0.2, 0.25) is 10.0 Å². The summed E-state index contributed by atoms with van der Waals surface area (Å²) in [6.45, 7) is 0.420. The van der Waals surface area contributed by atoms with Crippen molar-refractivity contribution >= 4 is 43.4 Å². The van der Waals surface area contributed by atoms with Crippen molar-refractivity contribution < 1.29 is 22.7 Å². The summed E-state index contributed by atoms with van der Waals surface area (Å²) in [7, 11) is -2.09. The van der Waals surface area contributed by atoms with Crippen molar-refractivity contribution in [3.63, 3.8) is 0 Å². The largest absolute Gasteiger partial charge is 0.497 e. The van der Waals surface area contributed by atoms with E-state index in [4.69, 9.17) is 9.47 Å². The SMILES string of the molecule is COc1ccc(NC(=O)N(CCCNS(=O)(=O)c2ccc(Br)cc2)c2ccc(Oc3ccccc3)cc2)cc1. The van der Waals surface area contributed by atoms with Crippen LogP contribution < -0.4 is 24.4 Å². The molecule has 2 N–H and O–H groups in total. The van der Waals surface area contributed by atoms with Gasteiger partial charge in [-0.3, -0.25) is 4.90 Å². The van der Waals surface area contributed by atoms with E-state index in [-0.39, 0.29) is 24.0 Å². The fourth-order valence-electron chi connectivity index (χ4n) is 3.67. The zero-order valence-corrected chi connectivity index (χ0v) is 23.6. The standard InChI is InChI=1S/C29H28BrN3O5S/c1-37-25-14-10-23(11-15-25)32-29(34)33(21-5-20-31-39(35,36)28-18-8-22(30)9-19-28)24-12-16-27(17-13-24)38-26-6-3-2-4-7-26/h2-4,6-19,31H,5,20-21H2,1H3,(H,32,34). The number of sulfonamides is 1. The third-order valence-electron chi connectivity index (χ3n) is 5.69. The average Bonchev–Trinajstić information content (AvgIpc) is 2.95. The number of para-hydroxylation sites is 1. The quantitative estimate of drug-likeness (QED) is 0.185. The maximum absolute atomic E-state index is 13.3. The van der Waals surface area contributed by atoms with Gasteiger partial charge in [-0.05, 0) is 91.3 Å². The molecule has 4 aromatic carbocycles. The zero-order valence-electron chi connectivity index (χ0n) is 21.2. The first-order valence-corrected chi connectivity index (χ1v) is 14.4. The molecule has 0 aliphatic heterocycles. The van der Waals surface area contributed by atoms with Gasteiger partial charge in [-0.2, -0.15) is 0 Å². The van der Waals surface area contributed by atoms with Crippen LogP contribution in [-0.2, 0) is 10.0 Å². The molecule has 0 saturated heterocycles. The lowest BCUT2D eigenvalue weighted by molar-refractivity contribution is 0.257. The molecule has 0 spiro atoms. The number of ether oxygens (including phenoxy) is 2. The molecular weight excluding hydrogens is 582 g/mol. The lowest BCUT2D eigenvalue weighted by Gasteiger charge is -2.24. The number of rotatable bonds is 11. The van der Waals surface area contributed by atoms with Crippen molar-refractivity contribution in [3.8, 4) is 17.2 Å². The third kappa shape index (κ3) is 8.06. The maximum atomic E-state index is 13.3. The summed E-state index contributed by atoms with van der Waals surface area (Å²) in [6.07, 6.45) is 0.383. The van der Waals surface area contributed by atoms with Crippen LogP contribution in [0.5, 0.6) is 17.2 Å². The molecule has 0 aliphatic carbocycles. The summed E-state index contributed by atoms with van der Waals surface area (Å²) in [5.74, 6) is 2.01. The summed E-state index contributed by atoms with van der Waals surface area (Å²) in [4.78, 5) is 15.0. The molecule has 0 radical (unpaired) electrons. The predicted octanol–water partition coefficient (Wildman–Crippen LogP) is 6.66. The van der Waals surface area contributed by atoms with Crippen LogP contribution in [0.2, 0.25) is 0 Å². The Bertz CT molecular complexity index is 1460. The van der Waals surface area contributed by atoms with E-state index in [0.29, 0.717) is 35.0 Å². The van der Waals surface area contributed by atoms with Gasteiger partial charge in [-0.1, -0.05) is 34.1 Å². The first-order chi connectivity index (χ1) is 18.8. The molecule has 0 fully saturated rings. The molecule has 8 nitrogen and oxygen atoms in total. The van der Waals surface area contributed by atoms with Gasteiger partial charge in [0.25, 0.3) is 0 Å². The minimum Gasteiger partial charge on any atom is -0.497 e. The Morgan fingerprint density at radius 3 is 2.08 bits per heavy atom. The molecule has 0 aliphatic rings. The normalized spacial score (nSPS) is 11.0. The average molecular weight is 611 g/mol. The van der Waals surface area contributed by atoms with Crippen molar-refractivity contribution in [1.82, 2.24) is 4.72 Å². The highest BCUT2D eigenvalue weighted by Gasteiger charge is 2.18. The van der Waals surface area contributed by atoms with E-state index >= 15 is 0 Å². The second-order valence-corrected chi connectivity index (χ2v) is 11.1. The lowest BCUT2D eigenvalue weighted by Crippen LogP contribution is -2.37. The van der Waals surface area contributed by atoms with Crippen LogP contribution in [0.3, 0.4) is 0 Å². The Hall–Kier alpha value is -3.86. The molecule has 4 rings (SSSR count). The van der Waals surface area contributed by atoms with Gasteiger partial charge in [-0.25, -0.2) is 17.9 Å². The topological polar surface area (TPSA) is 97.0 Å². The number of hydrogen-bond donors (Lipinski definition) is 2. The fraction of sp³-hybridized carbons (Fsp3) is 0.138. The molecule has 0 unspecified atom stereocenters. The molecule has 0 heterocycles. The van der Waals surface area contributed by atoms with Gasteiger partial charge >= 0.3 is 6.03 Å². The highest BCUT2D eigenvalue weighted by molar-refractivity contribution is 9.10. The zero-order chi connectivity index (χ0) is 27.7. The summed E-state index contributed by atoms with van der Waals surface area (Å²) >= 11 is 3.31. The Morgan fingerprint density at radius 1 is 0.821 bits per heavy atom. The number of methoxy groups -OCH3 is 1. The molecule has 0 aromatic heterocycles. The molecule has 4 aromatic rings. The van der Waals surface area contributed by atoms with E-state index in [1.807, 2.05) is 30.3 Å². The fourth-order valence-corrected chi connectivity index (χ4v) is 5.01. The first-order valence-electron chi connectivity index (χ1n) is 12.1. The van der Waals surface area contributed by atoms with Crippen molar-refractivity contribution in [2.24, 2.45) is 0 Å². The molecule has 2 amide bonds. The lowest BCUT2D eigenvalue weighted by atomic mass is 10.2. The molecule has 0 bridgehead atoms. The van der Waals surface area contributed by atoms with E-state index in [2.05, 4.69) is 26.0 Å². The van der Waals surface area contributed by atoms with Gasteiger partial charge in [0, 0.05) is 28.9 Å². The molecule has 0 saturated carbocycles. The van der Waals surface area contributed by atoms with Crippen molar-refractivity contribution in [2.75, 3.05) is 30.4 Å². The Morgan fingerprint density at radius 2 is 1.44 bits per heavy atom. The van der Waals surface area contributed by atoms with Crippen LogP contribution >= 0.6 is 15.9 Å². The van der Waals surface area contributed by atoms with Gasteiger partial charge in [-0.15, -0.1) is 0 Å². The van der Waals surface area contributed by atoms with Gasteiger partial charge in [0.15, 0.2) is 0 Å². The second kappa shape index (κ2) is 13.3. The Balaban J connectivity index is 1.45. The van der Waals surface area contributed by atoms with E-state index in [0.717, 1.165) is 4.47 Å². The number of hydrogen-bond acceptors (Lipinski definition) is 5. The van der Waals surface area contributed by atoms with Crippen molar-refractivity contribution in [3.05, 3.63) is 108 Å². The molecular formula is C29H28BrN3O5S. The van der Waals surface area contributed by atoms with E-state index in [1.165, 1.54) is 12.1 Å². The van der Waals surface area contributed by atoms with Crippen LogP contribution in [0.4, 0.5) is 16.2 Å². The number of urea groups is 1. The number of benzene rings is 4. The third-order valence-corrected chi connectivity index (χ3v) is 7.69. The Kier molecular flexibility index (Phi) is 9.59. The van der Waals surface area contributed by atoms with Crippen molar-refractivity contribution in [1.29, 1.82) is 0 Å². The number of halogens is 1. The van der Waals surface area contributed by atoms with Crippen LogP contribution in [-0.4, -0.2) is 34.6 Å². The van der Waals surface area contributed by atoms with Crippen LogP contribution in [0, 0.1) is 0 Å². The first kappa shape index (κ1) is 28.2. The van der Waals surface area contributed by atoms with Gasteiger partial charge < -0.3 is 14.8 Å². The second-order valence-electron chi connectivity index (χ2n) is 8.42. The van der Waals surface area contributed by atoms with Crippen LogP contribution in [0.25, 0.3) is 0 Å². The van der Waals surface area contributed by atoms with E-state index < -0.39 is 10.0 Å². The maximum Gasteiger partial charge on any atom is 0.326 e. The number of carbonyl (C=O) groups is 1. The summed E-state index contributed by atoms with van der Waals surface area (Å²) in [6, 6.07) is 29.6. The highest BCUT2D eigenvalue weighted by Crippen LogP contribution is 2.25. The number of amides is 2. The van der Waals surface area contributed by atoms with Gasteiger partial charge in [0.1, 0.15) is 17.2 Å². The number of nitrogens with one attached hydrogen (secondary N) is 2. The number of carbonyl (C=O) groups excluding carboxylic acids is 1. The summed E-state index contributed by atoms with van der Waals surface area (Å²) in [5.41, 5.74) is 1.24. The minimum atomic E-state index is -3.67. The van der Waals surface area contributed by atoms with Crippen LogP contribution in [0.1, 0.15) is 6.42 Å². The van der Waals surface area contributed by atoms with E-state index in [1.54, 1.807) is 72.7 Å². The van der Waals surface area contributed by atoms with E-state index in [9.17, 15) is 13.2 Å². The summed E-state index contributed by atoms with van der Waals surface area (Å²) < 4.78 is 39.7. The van der Waals surface area contributed by atoms with Gasteiger partial charge in [0.05, 0.1) is 12.0 Å². The monoisotopic (exact) mass is 609 g/mol. The molecule has 202 valence electrons. The molecule has 39 heavy (non-hydrogen) atoms. The highest BCUT2D eigenvalue weighted by atomic mass is 79.9. The van der Waals surface area contributed by atoms with Crippen molar-refractivity contribution in [2.45, 2.75) is 11.3 Å².